The van der Waals surface area contributed by atoms with Crippen molar-refractivity contribution in [2.24, 2.45) is 0 Å². The SMILES string of the molecule is CCCCCCCc1oc(C)cc1-c1ccc(OC)cc1. The van der Waals surface area contributed by atoms with Gasteiger partial charge in [-0.1, -0.05) is 44.7 Å². The summed E-state index contributed by atoms with van der Waals surface area (Å²) in [7, 11) is 1.69. The van der Waals surface area contributed by atoms with E-state index in [0.29, 0.717) is 0 Å². The molecule has 2 heteroatoms. The molecule has 0 saturated heterocycles. The van der Waals surface area contributed by atoms with Gasteiger partial charge in [-0.15, -0.1) is 0 Å². The first-order valence-electron chi connectivity index (χ1n) is 7.98. The average molecular weight is 286 g/mol. The summed E-state index contributed by atoms with van der Waals surface area (Å²) in [6, 6.07) is 10.3. The van der Waals surface area contributed by atoms with Gasteiger partial charge in [-0.2, -0.15) is 0 Å². The second-order valence-corrected chi connectivity index (χ2v) is 5.59. The van der Waals surface area contributed by atoms with Gasteiger partial charge in [-0.05, 0) is 37.1 Å². The van der Waals surface area contributed by atoms with E-state index >= 15 is 0 Å². The first-order chi connectivity index (χ1) is 10.2. The van der Waals surface area contributed by atoms with E-state index in [-0.39, 0.29) is 0 Å². The lowest BCUT2D eigenvalue weighted by Crippen LogP contribution is -1.88. The minimum atomic E-state index is 0.889. The van der Waals surface area contributed by atoms with Gasteiger partial charge in [-0.3, -0.25) is 0 Å². The van der Waals surface area contributed by atoms with E-state index in [1.54, 1.807) is 7.11 Å². The zero-order valence-corrected chi connectivity index (χ0v) is 13.4. The molecule has 0 bridgehead atoms. The maximum Gasteiger partial charge on any atom is 0.118 e. The number of ether oxygens (including phenoxy) is 1. The summed E-state index contributed by atoms with van der Waals surface area (Å²) in [6.07, 6.45) is 7.47. The highest BCUT2D eigenvalue weighted by molar-refractivity contribution is 5.66. The Morgan fingerprint density at radius 1 is 1.00 bits per heavy atom. The molecule has 21 heavy (non-hydrogen) atoms. The van der Waals surface area contributed by atoms with Crippen molar-refractivity contribution in [3.63, 3.8) is 0 Å². The molecule has 0 radical (unpaired) electrons. The van der Waals surface area contributed by atoms with Gasteiger partial charge in [-0.25, -0.2) is 0 Å². The zero-order chi connectivity index (χ0) is 15.1. The van der Waals surface area contributed by atoms with Crippen molar-refractivity contribution in [2.75, 3.05) is 7.11 Å². The molecule has 0 aliphatic heterocycles. The maximum absolute atomic E-state index is 5.90. The van der Waals surface area contributed by atoms with Crippen LogP contribution in [0.1, 0.15) is 50.5 Å². The van der Waals surface area contributed by atoms with Crippen LogP contribution in [0.4, 0.5) is 0 Å². The highest BCUT2D eigenvalue weighted by Gasteiger charge is 2.11. The van der Waals surface area contributed by atoms with Crippen LogP contribution in [0.3, 0.4) is 0 Å². The maximum atomic E-state index is 5.90. The normalized spacial score (nSPS) is 10.8. The molecule has 1 heterocycles. The molecule has 114 valence electrons. The quantitative estimate of drug-likeness (QED) is 0.574. The molecule has 0 spiro atoms. The average Bonchev–Trinajstić information content (AvgIpc) is 2.88. The van der Waals surface area contributed by atoms with E-state index in [1.807, 2.05) is 19.1 Å². The van der Waals surface area contributed by atoms with Gasteiger partial charge in [0.1, 0.15) is 17.3 Å². The molecule has 0 aliphatic rings. The molecule has 0 unspecified atom stereocenters. The van der Waals surface area contributed by atoms with E-state index < -0.39 is 0 Å². The first-order valence-corrected chi connectivity index (χ1v) is 7.98. The Morgan fingerprint density at radius 2 is 1.71 bits per heavy atom. The summed E-state index contributed by atoms with van der Waals surface area (Å²) in [5.74, 6) is 3.00. The van der Waals surface area contributed by atoms with E-state index in [4.69, 9.17) is 9.15 Å². The Morgan fingerprint density at radius 3 is 2.38 bits per heavy atom. The Balaban J connectivity index is 2.05. The van der Waals surface area contributed by atoms with Crippen molar-refractivity contribution in [1.82, 2.24) is 0 Å². The third kappa shape index (κ3) is 4.38. The van der Waals surface area contributed by atoms with Crippen molar-refractivity contribution >= 4 is 0 Å². The standard InChI is InChI=1S/C19H26O2/c1-4-5-6-7-8-9-19-18(14-15(2)21-19)16-10-12-17(20-3)13-11-16/h10-14H,4-9H2,1-3H3. The lowest BCUT2D eigenvalue weighted by molar-refractivity contribution is 0.415. The van der Waals surface area contributed by atoms with Gasteiger partial charge in [0.25, 0.3) is 0 Å². The Kier molecular flexibility index (Phi) is 5.91. The molecular weight excluding hydrogens is 260 g/mol. The van der Waals surface area contributed by atoms with Crippen molar-refractivity contribution in [1.29, 1.82) is 0 Å². The number of hydrogen-bond acceptors (Lipinski definition) is 2. The molecule has 1 aromatic heterocycles. The first kappa shape index (κ1) is 15.7. The van der Waals surface area contributed by atoms with Crippen molar-refractivity contribution in [3.05, 3.63) is 41.9 Å². The van der Waals surface area contributed by atoms with Gasteiger partial charge >= 0.3 is 0 Å². The van der Waals surface area contributed by atoms with Gasteiger partial charge in [0.15, 0.2) is 0 Å². The molecule has 0 aliphatic carbocycles. The van der Waals surface area contributed by atoms with Gasteiger partial charge in [0, 0.05) is 12.0 Å². The van der Waals surface area contributed by atoms with Crippen LogP contribution in [0.15, 0.2) is 34.7 Å². The number of hydrogen-bond donors (Lipinski definition) is 0. The second kappa shape index (κ2) is 7.92. The Labute approximate surface area is 128 Å². The van der Waals surface area contributed by atoms with Gasteiger partial charge in [0.05, 0.1) is 7.11 Å². The molecular formula is C19H26O2. The van der Waals surface area contributed by atoms with E-state index in [0.717, 1.165) is 23.7 Å². The summed E-state index contributed by atoms with van der Waals surface area (Å²) in [5.41, 5.74) is 2.43. The third-order valence-electron chi connectivity index (χ3n) is 3.84. The Bertz CT molecular complexity index is 537. The molecule has 0 fully saturated rings. The highest BCUT2D eigenvalue weighted by atomic mass is 16.5. The van der Waals surface area contributed by atoms with Gasteiger partial charge < -0.3 is 9.15 Å². The minimum Gasteiger partial charge on any atom is -0.497 e. The second-order valence-electron chi connectivity index (χ2n) is 5.59. The topological polar surface area (TPSA) is 22.4 Å². The highest BCUT2D eigenvalue weighted by Crippen LogP contribution is 2.30. The van der Waals surface area contributed by atoms with Crippen LogP contribution in [-0.2, 0) is 6.42 Å². The van der Waals surface area contributed by atoms with Crippen LogP contribution in [-0.4, -0.2) is 7.11 Å². The fourth-order valence-electron chi connectivity index (χ4n) is 2.65. The van der Waals surface area contributed by atoms with Crippen LogP contribution in [0.2, 0.25) is 0 Å². The van der Waals surface area contributed by atoms with Crippen LogP contribution >= 0.6 is 0 Å². The van der Waals surface area contributed by atoms with Crippen LogP contribution in [0.5, 0.6) is 5.75 Å². The third-order valence-corrected chi connectivity index (χ3v) is 3.84. The lowest BCUT2D eigenvalue weighted by Gasteiger charge is -2.05. The molecule has 0 N–H and O–H groups in total. The van der Waals surface area contributed by atoms with Crippen molar-refractivity contribution in [3.8, 4) is 16.9 Å². The smallest absolute Gasteiger partial charge is 0.118 e. The molecule has 2 nitrogen and oxygen atoms in total. The predicted molar refractivity (Wildman–Crippen MR) is 87.9 cm³/mol. The molecule has 1 aromatic carbocycles. The summed E-state index contributed by atoms with van der Waals surface area (Å²) < 4.78 is 11.1. The molecule has 0 saturated carbocycles. The van der Waals surface area contributed by atoms with Crippen LogP contribution in [0.25, 0.3) is 11.1 Å². The Hall–Kier alpha value is -1.70. The van der Waals surface area contributed by atoms with E-state index in [1.165, 1.54) is 43.2 Å². The fraction of sp³-hybridized carbons (Fsp3) is 0.474. The summed E-state index contributed by atoms with van der Waals surface area (Å²) in [4.78, 5) is 0. The number of methoxy groups -OCH3 is 1. The predicted octanol–water partition coefficient (Wildman–Crippen LogP) is 5.78. The zero-order valence-electron chi connectivity index (χ0n) is 13.4. The monoisotopic (exact) mass is 286 g/mol. The summed E-state index contributed by atoms with van der Waals surface area (Å²) in [5, 5.41) is 0. The van der Waals surface area contributed by atoms with E-state index in [9.17, 15) is 0 Å². The lowest BCUT2D eigenvalue weighted by atomic mass is 10.0. The van der Waals surface area contributed by atoms with E-state index in [2.05, 4.69) is 25.1 Å². The van der Waals surface area contributed by atoms with Crippen molar-refractivity contribution < 1.29 is 9.15 Å². The van der Waals surface area contributed by atoms with Crippen LogP contribution < -0.4 is 4.74 Å². The van der Waals surface area contributed by atoms with Crippen molar-refractivity contribution in [2.45, 2.75) is 52.4 Å². The number of unbranched alkanes of at least 4 members (excludes halogenated alkanes) is 4. The minimum absolute atomic E-state index is 0.889. The van der Waals surface area contributed by atoms with Gasteiger partial charge in [0.2, 0.25) is 0 Å². The number of aryl methyl sites for hydroxylation is 2. The fourth-order valence-corrected chi connectivity index (χ4v) is 2.65. The van der Waals surface area contributed by atoms with Crippen LogP contribution in [0, 0.1) is 6.92 Å². The largest absolute Gasteiger partial charge is 0.497 e. The summed E-state index contributed by atoms with van der Waals surface area (Å²) in [6.45, 7) is 4.27. The number of rotatable bonds is 8. The molecule has 0 amide bonds. The number of benzene rings is 1. The molecule has 2 rings (SSSR count). The molecule has 0 atom stereocenters. The summed E-state index contributed by atoms with van der Waals surface area (Å²) >= 11 is 0. The molecule has 2 aromatic rings. The number of furan rings is 1.